The van der Waals surface area contributed by atoms with Gasteiger partial charge in [0.05, 0.1) is 28.5 Å². The van der Waals surface area contributed by atoms with E-state index in [9.17, 15) is 8.78 Å². The first-order chi connectivity index (χ1) is 11.4. The highest BCUT2D eigenvalue weighted by atomic mass is 35.5. The summed E-state index contributed by atoms with van der Waals surface area (Å²) >= 11 is 6.03. The lowest BCUT2D eigenvalue weighted by Crippen LogP contribution is -2.19. The number of halogens is 3. The predicted octanol–water partition coefficient (Wildman–Crippen LogP) is 3.34. The number of rotatable bonds is 6. The first-order valence-electron chi connectivity index (χ1n) is 7.24. The summed E-state index contributed by atoms with van der Waals surface area (Å²) in [6.45, 7) is -1.41. The third kappa shape index (κ3) is 3.42. The lowest BCUT2D eigenvalue weighted by Gasteiger charge is -2.18. The molecule has 4 N–H and O–H groups in total. The number of nitrogens with one attached hydrogen (secondary N) is 3. The fourth-order valence-electron chi connectivity index (χ4n) is 2.16. The standard InChI is InChI=1S/C15H14ClF2N5O/c16-13-10(15(17,18)7-24)3-8(5-19)4-11(13)22-14-20-6-12(23-14)21-9-1-2-9/h3-4,6,9,21,24H,1-2,7H2,(H2,20,22,23). The first-order valence-corrected chi connectivity index (χ1v) is 7.62. The van der Waals surface area contributed by atoms with Gasteiger partial charge in [-0.05, 0) is 25.0 Å². The molecule has 0 spiro atoms. The second-order valence-corrected chi connectivity index (χ2v) is 5.93. The number of benzene rings is 1. The van der Waals surface area contributed by atoms with Crippen molar-refractivity contribution < 1.29 is 13.9 Å². The largest absolute Gasteiger partial charge is 0.390 e. The molecule has 6 nitrogen and oxygen atoms in total. The summed E-state index contributed by atoms with van der Waals surface area (Å²) in [5, 5.41) is 23.6. The van der Waals surface area contributed by atoms with Gasteiger partial charge < -0.3 is 20.7 Å². The number of imidazole rings is 1. The lowest BCUT2D eigenvalue weighted by atomic mass is 10.0. The predicted molar refractivity (Wildman–Crippen MR) is 85.7 cm³/mol. The van der Waals surface area contributed by atoms with E-state index < -0.39 is 18.1 Å². The molecule has 1 heterocycles. The van der Waals surface area contributed by atoms with E-state index in [1.807, 2.05) is 0 Å². The molecular formula is C15H14ClF2N5O. The average Bonchev–Trinajstić information content (AvgIpc) is 3.27. The van der Waals surface area contributed by atoms with E-state index in [2.05, 4.69) is 20.6 Å². The van der Waals surface area contributed by atoms with Crippen molar-refractivity contribution in [3.8, 4) is 6.07 Å². The summed E-state index contributed by atoms with van der Waals surface area (Å²) in [6, 6.07) is 4.54. The maximum absolute atomic E-state index is 13.8. The van der Waals surface area contributed by atoms with Crippen LogP contribution < -0.4 is 10.6 Å². The Labute approximate surface area is 141 Å². The van der Waals surface area contributed by atoms with Gasteiger partial charge in [-0.3, -0.25) is 0 Å². The molecule has 3 rings (SSSR count). The van der Waals surface area contributed by atoms with E-state index in [1.54, 1.807) is 12.3 Å². The number of aliphatic hydroxyl groups excluding tert-OH is 1. The molecule has 126 valence electrons. The van der Waals surface area contributed by atoms with Crippen molar-refractivity contribution in [1.82, 2.24) is 9.97 Å². The van der Waals surface area contributed by atoms with Crippen molar-refractivity contribution in [2.24, 2.45) is 0 Å². The molecule has 0 amide bonds. The average molecular weight is 354 g/mol. The van der Waals surface area contributed by atoms with E-state index in [4.69, 9.17) is 22.0 Å². The van der Waals surface area contributed by atoms with E-state index in [0.29, 0.717) is 17.8 Å². The van der Waals surface area contributed by atoms with Crippen LogP contribution in [0.2, 0.25) is 5.02 Å². The summed E-state index contributed by atoms with van der Waals surface area (Å²) in [7, 11) is 0. The molecule has 0 bridgehead atoms. The minimum Gasteiger partial charge on any atom is -0.390 e. The topological polar surface area (TPSA) is 96.8 Å². The number of H-pyrrole nitrogens is 1. The molecule has 1 fully saturated rings. The van der Waals surface area contributed by atoms with Crippen molar-refractivity contribution in [2.75, 3.05) is 17.2 Å². The molecule has 1 aliphatic rings. The van der Waals surface area contributed by atoms with Crippen LogP contribution in [0.1, 0.15) is 24.0 Å². The van der Waals surface area contributed by atoms with Crippen LogP contribution in [-0.2, 0) is 5.92 Å². The molecular weight excluding hydrogens is 340 g/mol. The van der Waals surface area contributed by atoms with Crippen LogP contribution in [0.3, 0.4) is 0 Å². The Bertz CT molecular complexity index is 798. The Balaban J connectivity index is 1.90. The molecule has 0 saturated heterocycles. The molecule has 1 aromatic heterocycles. The summed E-state index contributed by atoms with van der Waals surface area (Å²) in [5.41, 5.74) is -0.518. The molecule has 0 unspecified atom stereocenters. The van der Waals surface area contributed by atoms with E-state index >= 15 is 0 Å². The minimum absolute atomic E-state index is 0.00656. The Hall–Kier alpha value is -2.37. The summed E-state index contributed by atoms with van der Waals surface area (Å²) in [6.07, 6.45) is 3.76. The van der Waals surface area contributed by atoms with Gasteiger partial charge in [0.15, 0.2) is 0 Å². The number of aliphatic hydroxyl groups is 1. The smallest absolute Gasteiger partial charge is 0.297 e. The zero-order valence-electron chi connectivity index (χ0n) is 12.4. The summed E-state index contributed by atoms with van der Waals surface area (Å²) in [4.78, 5) is 7.05. The summed E-state index contributed by atoms with van der Waals surface area (Å²) in [5.74, 6) is -2.55. The number of alkyl halides is 2. The number of anilines is 3. The van der Waals surface area contributed by atoms with Gasteiger partial charge in [0.1, 0.15) is 12.4 Å². The Morgan fingerprint density at radius 3 is 2.83 bits per heavy atom. The minimum atomic E-state index is -3.55. The third-order valence-electron chi connectivity index (χ3n) is 3.56. The molecule has 9 heteroatoms. The Morgan fingerprint density at radius 2 is 2.21 bits per heavy atom. The first kappa shape index (κ1) is 16.5. The third-order valence-corrected chi connectivity index (χ3v) is 3.97. The van der Waals surface area contributed by atoms with Crippen LogP contribution >= 0.6 is 11.6 Å². The zero-order chi connectivity index (χ0) is 17.3. The van der Waals surface area contributed by atoms with Crippen molar-refractivity contribution >= 4 is 29.1 Å². The maximum atomic E-state index is 13.8. The van der Waals surface area contributed by atoms with Crippen molar-refractivity contribution in [2.45, 2.75) is 24.8 Å². The van der Waals surface area contributed by atoms with Crippen molar-refractivity contribution in [1.29, 1.82) is 5.26 Å². The molecule has 24 heavy (non-hydrogen) atoms. The van der Waals surface area contributed by atoms with Gasteiger partial charge in [0.25, 0.3) is 5.92 Å². The fraction of sp³-hybridized carbons (Fsp3) is 0.333. The second-order valence-electron chi connectivity index (χ2n) is 5.55. The van der Waals surface area contributed by atoms with Crippen LogP contribution in [0, 0.1) is 11.3 Å². The van der Waals surface area contributed by atoms with Crippen LogP contribution in [-0.4, -0.2) is 27.7 Å². The normalized spacial score (nSPS) is 14.3. The highest BCUT2D eigenvalue weighted by Gasteiger charge is 2.34. The Kier molecular flexibility index (Phi) is 4.30. The van der Waals surface area contributed by atoms with Gasteiger partial charge >= 0.3 is 0 Å². The number of hydrogen-bond acceptors (Lipinski definition) is 5. The van der Waals surface area contributed by atoms with Crippen LogP contribution in [0.5, 0.6) is 0 Å². The molecule has 1 saturated carbocycles. The molecule has 2 aromatic rings. The van der Waals surface area contributed by atoms with E-state index in [0.717, 1.165) is 18.9 Å². The SMILES string of the molecule is N#Cc1cc(Nc2ncc(NC3CC3)[nH]2)c(Cl)c(C(F)(F)CO)c1. The van der Waals surface area contributed by atoms with Gasteiger partial charge in [0, 0.05) is 11.6 Å². The van der Waals surface area contributed by atoms with Gasteiger partial charge in [-0.15, -0.1) is 0 Å². The number of hydrogen-bond donors (Lipinski definition) is 4. The van der Waals surface area contributed by atoms with Crippen molar-refractivity contribution in [3.63, 3.8) is 0 Å². The highest BCUT2D eigenvalue weighted by Crippen LogP contribution is 2.39. The molecule has 1 aromatic carbocycles. The van der Waals surface area contributed by atoms with Gasteiger partial charge in [-0.1, -0.05) is 11.6 Å². The second kappa shape index (κ2) is 6.26. The maximum Gasteiger partial charge on any atom is 0.297 e. The fourth-order valence-corrected chi connectivity index (χ4v) is 2.46. The van der Waals surface area contributed by atoms with E-state index in [1.165, 1.54) is 6.07 Å². The van der Waals surface area contributed by atoms with Crippen LogP contribution in [0.25, 0.3) is 0 Å². The summed E-state index contributed by atoms with van der Waals surface area (Å²) < 4.78 is 27.7. The highest BCUT2D eigenvalue weighted by molar-refractivity contribution is 6.34. The molecule has 1 aliphatic carbocycles. The monoisotopic (exact) mass is 353 g/mol. The quantitative estimate of drug-likeness (QED) is 0.638. The molecule has 0 atom stereocenters. The van der Waals surface area contributed by atoms with Crippen LogP contribution in [0.4, 0.5) is 26.2 Å². The zero-order valence-corrected chi connectivity index (χ0v) is 13.2. The van der Waals surface area contributed by atoms with Gasteiger partial charge in [0.2, 0.25) is 5.95 Å². The van der Waals surface area contributed by atoms with E-state index in [-0.39, 0.29) is 16.3 Å². The molecule has 0 radical (unpaired) electrons. The number of aromatic nitrogens is 2. The number of aromatic amines is 1. The number of nitriles is 1. The lowest BCUT2D eigenvalue weighted by molar-refractivity contribution is -0.0555. The van der Waals surface area contributed by atoms with Crippen molar-refractivity contribution in [3.05, 3.63) is 34.5 Å². The Morgan fingerprint density at radius 1 is 1.46 bits per heavy atom. The molecule has 0 aliphatic heterocycles. The number of nitrogens with zero attached hydrogens (tertiary/aromatic N) is 2. The van der Waals surface area contributed by atoms with Gasteiger partial charge in [-0.25, -0.2) is 4.98 Å². The van der Waals surface area contributed by atoms with Crippen LogP contribution in [0.15, 0.2) is 18.3 Å². The van der Waals surface area contributed by atoms with Gasteiger partial charge in [-0.2, -0.15) is 14.0 Å².